The standard InChI is InChI=1S/C29H39BN4O9/c1-18(2)16-23(30(42-17-24(36)34(4)5)43-26(39)15-14-25(37)38)32-29(41)27(19(3)35)33-28(40)22-13-9-12-21(31-22)20-10-7-6-8-11-20/h6-13,18-19,23,27,35H,14-17H2,1-5H3,(H,32,41)(H,33,40)(H,37,38)/t19-,23+,27?/m1/s1. The van der Waals surface area contributed by atoms with Gasteiger partial charge in [-0.3, -0.25) is 24.0 Å². The van der Waals surface area contributed by atoms with E-state index >= 15 is 0 Å². The number of carboxylic acid groups (broad SMARTS) is 1. The summed E-state index contributed by atoms with van der Waals surface area (Å²) in [6.07, 6.45) is -2.08. The van der Waals surface area contributed by atoms with Gasteiger partial charge in [-0.05, 0) is 31.4 Å². The van der Waals surface area contributed by atoms with Crippen molar-refractivity contribution in [2.24, 2.45) is 5.92 Å². The third-order valence-electron chi connectivity index (χ3n) is 6.14. The van der Waals surface area contributed by atoms with Crippen LogP contribution in [-0.2, 0) is 28.5 Å². The summed E-state index contributed by atoms with van der Waals surface area (Å²) in [7, 11) is 1.55. The number of likely N-dealkylation sites (N-methyl/N-ethyl adjacent to an activating group) is 1. The van der Waals surface area contributed by atoms with Crippen molar-refractivity contribution in [2.75, 3.05) is 20.7 Å². The number of benzene rings is 1. The Kier molecular flexibility index (Phi) is 13.8. The van der Waals surface area contributed by atoms with Gasteiger partial charge in [0.1, 0.15) is 18.3 Å². The van der Waals surface area contributed by atoms with Crippen LogP contribution in [0.2, 0.25) is 0 Å². The molecule has 2 rings (SSSR count). The van der Waals surface area contributed by atoms with Crippen molar-refractivity contribution in [1.29, 1.82) is 0 Å². The monoisotopic (exact) mass is 598 g/mol. The largest absolute Gasteiger partial charge is 0.551 e. The molecule has 43 heavy (non-hydrogen) atoms. The second kappa shape index (κ2) is 17.0. The molecule has 3 amide bonds. The number of aromatic nitrogens is 1. The number of pyridine rings is 1. The summed E-state index contributed by atoms with van der Waals surface area (Å²) in [6, 6.07) is 12.6. The van der Waals surface area contributed by atoms with Gasteiger partial charge in [-0.25, -0.2) is 4.98 Å². The molecule has 0 bridgehead atoms. The molecule has 1 aromatic carbocycles. The first-order chi connectivity index (χ1) is 20.3. The van der Waals surface area contributed by atoms with Gasteiger partial charge in [0.05, 0.1) is 30.6 Å². The molecule has 1 aromatic heterocycles. The number of nitrogens with zero attached hydrogens (tertiary/aromatic N) is 2. The van der Waals surface area contributed by atoms with E-state index in [-0.39, 0.29) is 18.0 Å². The van der Waals surface area contributed by atoms with Gasteiger partial charge in [0.15, 0.2) is 0 Å². The SMILES string of the molecule is CC(C)C[C@H](NC(=O)C(NC(=O)c1cccc(-c2ccccc2)n1)[C@@H](C)O)B(OCC(=O)N(C)C)OC(=O)CCC(=O)O. The molecule has 1 unspecified atom stereocenters. The van der Waals surface area contributed by atoms with Crippen LogP contribution < -0.4 is 10.6 Å². The number of carbonyl (C=O) groups is 5. The van der Waals surface area contributed by atoms with Crippen molar-refractivity contribution in [3.8, 4) is 11.3 Å². The Morgan fingerprint density at radius 3 is 2.21 bits per heavy atom. The lowest BCUT2D eigenvalue weighted by Crippen LogP contribution is -2.59. The highest BCUT2D eigenvalue weighted by molar-refractivity contribution is 6.49. The summed E-state index contributed by atoms with van der Waals surface area (Å²) >= 11 is 0. The summed E-state index contributed by atoms with van der Waals surface area (Å²) in [6.45, 7) is 4.51. The van der Waals surface area contributed by atoms with Gasteiger partial charge in [-0.2, -0.15) is 0 Å². The van der Waals surface area contributed by atoms with Crippen LogP contribution in [-0.4, -0.2) is 95.7 Å². The van der Waals surface area contributed by atoms with Crippen LogP contribution in [0, 0.1) is 5.92 Å². The Balaban J connectivity index is 2.26. The number of aliphatic hydroxyl groups is 1. The van der Waals surface area contributed by atoms with Crippen LogP contribution in [0.3, 0.4) is 0 Å². The molecule has 0 saturated heterocycles. The molecule has 0 fully saturated rings. The summed E-state index contributed by atoms with van der Waals surface area (Å²) in [4.78, 5) is 67.7. The third kappa shape index (κ3) is 11.8. The van der Waals surface area contributed by atoms with Crippen molar-refractivity contribution in [1.82, 2.24) is 20.5 Å². The molecule has 14 heteroatoms. The molecular weight excluding hydrogens is 559 g/mol. The molecule has 0 saturated carbocycles. The fourth-order valence-corrected chi connectivity index (χ4v) is 3.88. The zero-order valence-electron chi connectivity index (χ0n) is 25.0. The molecule has 0 aliphatic carbocycles. The second-order valence-electron chi connectivity index (χ2n) is 10.6. The minimum Gasteiger partial charge on any atom is -0.508 e. The van der Waals surface area contributed by atoms with E-state index in [0.29, 0.717) is 5.69 Å². The third-order valence-corrected chi connectivity index (χ3v) is 6.14. The molecule has 0 aliphatic rings. The Labute approximate surface area is 251 Å². The van der Waals surface area contributed by atoms with Gasteiger partial charge in [-0.1, -0.05) is 50.2 Å². The van der Waals surface area contributed by atoms with Crippen molar-refractivity contribution < 1.29 is 43.5 Å². The molecule has 13 nitrogen and oxygen atoms in total. The van der Waals surface area contributed by atoms with E-state index in [4.69, 9.17) is 14.4 Å². The van der Waals surface area contributed by atoms with E-state index < -0.39 is 74.3 Å². The highest BCUT2D eigenvalue weighted by Gasteiger charge is 2.39. The van der Waals surface area contributed by atoms with Crippen molar-refractivity contribution in [3.63, 3.8) is 0 Å². The predicted octanol–water partition coefficient (Wildman–Crippen LogP) is 1.30. The van der Waals surface area contributed by atoms with E-state index in [0.717, 1.165) is 5.56 Å². The van der Waals surface area contributed by atoms with Gasteiger partial charge < -0.3 is 35.1 Å². The average Bonchev–Trinajstić information content (AvgIpc) is 2.96. The maximum atomic E-state index is 13.4. The second-order valence-corrected chi connectivity index (χ2v) is 10.6. The first-order valence-electron chi connectivity index (χ1n) is 13.8. The molecule has 232 valence electrons. The number of amides is 3. The molecule has 0 spiro atoms. The molecule has 1 heterocycles. The van der Waals surface area contributed by atoms with Crippen LogP contribution in [0.15, 0.2) is 48.5 Å². The van der Waals surface area contributed by atoms with Gasteiger partial charge in [-0.15, -0.1) is 0 Å². The number of aliphatic carboxylic acids is 1. The van der Waals surface area contributed by atoms with Crippen LogP contribution in [0.5, 0.6) is 0 Å². The van der Waals surface area contributed by atoms with E-state index in [1.807, 2.05) is 44.2 Å². The summed E-state index contributed by atoms with van der Waals surface area (Å²) in [5.41, 5.74) is 1.35. The van der Waals surface area contributed by atoms with Crippen molar-refractivity contribution in [3.05, 3.63) is 54.2 Å². The highest BCUT2D eigenvalue weighted by atomic mass is 16.6. The van der Waals surface area contributed by atoms with Crippen molar-refractivity contribution in [2.45, 2.75) is 58.1 Å². The van der Waals surface area contributed by atoms with Crippen LogP contribution >= 0.6 is 0 Å². The smallest absolute Gasteiger partial charge is 0.508 e. The number of carboxylic acids is 1. The number of hydrogen-bond donors (Lipinski definition) is 4. The highest BCUT2D eigenvalue weighted by Crippen LogP contribution is 2.17. The average molecular weight is 598 g/mol. The number of aliphatic hydroxyl groups excluding tert-OH is 1. The van der Waals surface area contributed by atoms with E-state index in [9.17, 15) is 29.1 Å². The number of hydrogen-bond acceptors (Lipinski definition) is 9. The van der Waals surface area contributed by atoms with E-state index in [1.54, 1.807) is 12.1 Å². The summed E-state index contributed by atoms with van der Waals surface area (Å²) in [5, 5.41) is 24.5. The Morgan fingerprint density at radius 1 is 0.953 bits per heavy atom. The van der Waals surface area contributed by atoms with Gasteiger partial charge >= 0.3 is 13.1 Å². The van der Waals surface area contributed by atoms with E-state index in [1.165, 1.54) is 32.0 Å². The molecule has 3 atom stereocenters. The van der Waals surface area contributed by atoms with Gasteiger partial charge in [0.25, 0.3) is 11.9 Å². The van der Waals surface area contributed by atoms with Crippen molar-refractivity contribution >= 4 is 36.8 Å². The predicted molar refractivity (Wildman–Crippen MR) is 157 cm³/mol. The Bertz CT molecular complexity index is 1260. The molecule has 2 aromatic rings. The summed E-state index contributed by atoms with van der Waals surface area (Å²) < 4.78 is 11.0. The zero-order chi connectivity index (χ0) is 32.1. The molecular formula is C29H39BN4O9. The minimum atomic E-state index is -1.47. The lowest BCUT2D eigenvalue weighted by Gasteiger charge is -2.28. The Morgan fingerprint density at radius 2 is 1.63 bits per heavy atom. The first kappa shape index (κ1) is 34.9. The maximum Gasteiger partial charge on any atom is 0.551 e. The van der Waals surface area contributed by atoms with Gasteiger partial charge in [0, 0.05) is 19.7 Å². The van der Waals surface area contributed by atoms with Crippen LogP contribution in [0.1, 0.15) is 50.5 Å². The minimum absolute atomic E-state index is 0.0225. The summed E-state index contributed by atoms with van der Waals surface area (Å²) in [5.74, 6) is -5.15. The zero-order valence-corrected chi connectivity index (χ0v) is 25.0. The van der Waals surface area contributed by atoms with Crippen LogP contribution in [0.25, 0.3) is 11.3 Å². The molecule has 0 radical (unpaired) electrons. The first-order valence-corrected chi connectivity index (χ1v) is 13.8. The fraction of sp³-hybridized carbons (Fsp3) is 0.448. The van der Waals surface area contributed by atoms with Crippen LogP contribution in [0.4, 0.5) is 0 Å². The number of carbonyl (C=O) groups excluding carboxylic acids is 4. The topological polar surface area (TPSA) is 184 Å². The Hall–Kier alpha value is -4.30. The lowest BCUT2D eigenvalue weighted by molar-refractivity contribution is -0.143. The van der Waals surface area contributed by atoms with E-state index in [2.05, 4.69) is 15.6 Å². The van der Waals surface area contributed by atoms with Gasteiger partial charge in [0.2, 0.25) is 11.8 Å². The maximum absolute atomic E-state index is 13.4. The molecule has 4 N–H and O–H groups in total. The molecule has 0 aliphatic heterocycles. The lowest BCUT2D eigenvalue weighted by atomic mass is 9.73. The quantitative estimate of drug-likeness (QED) is 0.205. The fourth-order valence-electron chi connectivity index (χ4n) is 3.88. The number of rotatable bonds is 16. The number of nitrogens with one attached hydrogen (secondary N) is 2. The normalized spacial score (nSPS) is 12.9.